The highest BCUT2D eigenvalue weighted by molar-refractivity contribution is 9.11. The molecular weight excluding hydrogens is 541 g/mol. The zero-order chi connectivity index (χ0) is 19.9. The lowest BCUT2D eigenvalue weighted by molar-refractivity contribution is 0.552. The van der Waals surface area contributed by atoms with E-state index < -0.39 is 0 Å². The van der Waals surface area contributed by atoms with Crippen molar-refractivity contribution in [3.63, 3.8) is 0 Å². The quantitative estimate of drug-likeness (QED) is 0.350. The summed E-state index contributed by atoms with van der Waals surface area (Å²) in [5.41, 5.74) is 0.994. The second-order valence-corrected chi connectivity index (χ2v) is 8.81. The van der Waals surface area contributed by atoms with Gasteiger partial charge in [0.1, 0.15) is 25.4 Å². The lowest BCUT2D eigenvalue weighted by Crippen LogP contribution is -2.27. The summed E-state index contributed by atoms with van der Waals surface area (Å²) in [6.45, 7) is 4.96. The van der Waals surface area contributed by atoms with Gasteiger partial charge < -0.3 is 5.32 Å². The Labute approximate surface area is 184 Å². The van der Waals surface area contributed by atoms with Gasteiger partial charge in [-0.15, -0.1) is 0 Å². The van der Waals surface area contributed by atoms with E-state index in [2.05, 4.69) is 76.9 Å². The second-order valence-electron chi connectivity index (χ2n) is 6.37. The molecule has 0 bridgehead atoms. The Morgan fingerprint density at radius 1 is 0.815 bits per heavy atom. The van der Waals surface area contributed by atoms with Crippen LogP contribution in [-0.4, -0.2) is 16.5 Å². The Kier molecular flexibility index (Phi) is 8.38. The van der Waals surface area contributed by atoms with Crippen LogP contribution in [0.15, 0.2) is 74.5 Å². The molecule has 3 aromatic rings. The predicted molar refractivity (Wildman–Crippen MR) is 119 cm³/mol. The molecule has 0 aliphatic carbocycles. The number of benzene rings is 1. The number of hydrogen-bond donors (Lipinski definition) is 1. The van der Waals surface area contributed by atoms with E-state index in [1.165, 1.54) is 12.1 Å². The van der Waals surface area contributed by atoms with Gasteiger partial charge in [0.2, 0.25) is 0 Å². The molecule has 0 aliphatic rings. The normalized spacial score (nSPS) is 10.7. The molecule has 3 rings (SSSR count). The summed E-state index contributed by atoms with van der Waals surface area (Å²) in [5, 5.41) is 3.30. The van der Waals surface area contributed by atoms with Crippen molar-refractivity contribution in [1.82, 2.24) is 9.97 Å². The SMILES string of the molecule is Brc1cccc(Br)n1.CC(C)(CNc1cccc(Br)n1)c1ccc(F)cc1. The number of nitrogens with zero attached hydrogens (tertiary/aromatic N) is 2. The minimum atomic E-state index is -0.207. The Hall–Kier alpha value is -1.31. The van der Waals surface area contributed by atoms with Crippen molar-refractivity contribution in [1.29, 1.82) is 0 Å². The van der Waals surface area contributed by atoms with Gasteiger partial charge in [0.05, 0.1) is 0 Å². The molecule has 0 radical (unpaired) electrons. The van der Waals surface area contributed by atoms with Crippen molar-refractivity contribution in [2.24, 2.45) is 0 Å². The zero-order valence-corrected chi connectivity index (χ0v) is 19.6. The van der Waals surface area contributed by atoms with Gasteiger partial charge in [-0.1, -0.05) is 38.1 Å². The van der Waals surface area contributed by atoms with Gasteiger partial charge in [-0.2, -0.15) is 0 Å². The molecule has 0 spiro atoms. The molecule has 0 saturated carbocycles. The molecule has 7 heteroatoms. The fourth-order valence-corrected chi connectivity index (χ4v) is 3.47. The highest BCUT2D eigenvalue weighted by Crippen LogP contribution is 2.24. The molecule has 142 valence electrons. The van der Waals surface area contributed by atoms with Gasteiger partial charge in [0, 0.05) is 12.0 Å². The zero-order valence-electron chi connectivity index (χ0n) is 14.9. The highest BCUT2D eigenvalue weighted by Gasteiger charge is 2.20. The van der Waals surface area contributed by atoms with Gasteiger partial charge in [-0.3, -0.25) is 0 Å². The first-order chi connectivity index (χ1) is 12.8. The van der Waals surface area contributed by atoms with Gasteiger partial charge in [0.15, 0.2) is 0 Å². The summed E-state index contributed by atoms with van der Waals surface area (Å²) >= 11 is 9.78. The summed E-state index contributed by atoms with van der Waals surface area (Å²) in [5.74, 6) is 0.616. The molecule has 0 atom stereocenters. The summed E-state index contributed by atoms with van der Waals surface area (Å²) in [4.78, 5) is 8.34. The maximum atomic E-state index is 12.9. The smallest absolute Gasteiger partial charge is 0.127 e. The van der Waals surface area contributed by atoms with Crippen molar-refractivity contribution in [3.05, 3.63) is 85.9 Å². The molecule has 2 aromatic heterocycles. The number of pyridine rings is 2. The first-order valence-electron chi connectivity index (χ1n) is 8.17. The van der Waals surface area contributed by atoms with E-state index in [1.54, 1.807) is 0 Å². The fraction of sp³-hybridized carbons (Fsp3) is 0.200. The van der Waals surface area contributed by atoms with E-state index in [1.807, 2.05) is 48.5 Å². The van der Waals surface area contributed by atoms with E-state index in [0.29, 0.717) is 0 Å². The van der Waals surface area contributed by atoms with Crippen LogP contribution < -0.4 is 5.32 Å². The maximum absolute atomic E-state index is 12.9. The monoisotopic (exact) mass is 557 g/mol. The average molecular weight is 560 g/mol. The van der Waals surface area contributed by atoms with E-state index in [0.717, 1.165) is 31.7 Å². The highest BCUT2D eigenvalue weighted by atomic mass is 79.9. The lowest BCUT2D eigenvalue weighted by atomic mass is 9.84. The predicted octanol–water partition coefficient (Wildman–Crippen LogP) is 6.98. The Morgan fingerprint density at radius 3 is 1.81 bits per heavy atom. The standard InChI is InChI=1S/C15H16BrFN2.C5H3Br2N/c1-15(2,11-6-8-12(17)9-7-11)10-18-14-5-3-4-13(16)19-14;6-4-2-1-3-5(7)8-4/h3-9H,10H2,1-2H3,(H,18,19);1-3H. The Balaban J connectivity index is 0.000000273. The fourth-order valence-electron chi connectivity index (χ4n) is 2.20. The number of anilines is 1. The number of hydrogen-bond acceptors (Lipinski definition) is 3. The van der Waals surface area contributed by atoms with Crippen LogP contribution in [0.3, 0.4) is 0 Å². The Bertz CT molecular complexity index is 853. The molecule has 3 nitrogen and oxygen atoms in total. The molecule has 0 saturated heterocycles. The summed E-state index contributed by atoms with van der Waals surface area (Å²) in [6.07, 6.45) is 0. The minimum Gasteiger partial charge on any atom is -0.369 e. The molecule has 27 heavy (non-hydrogen) atoms. The number of nitrogens with one attached hydrogen (secondary N) is 1. The summed E-state index contributed by atoms with van der Waals surface area (Å²) < 4.78 is 15.4. The van der Waals surface area contributed by atoms with Crippen LogP contribution >= 0.6 is 47.8 Å². The van der Waals surface area contributed by atoms with Crippen LogP contribution in [-0.2, 0) is 5.41 Å². The maximum Gasteiger partial charge on any atom is 0.127 e. The molecule has 1 aromatic carbocycles. The third-order valence-electron chi connectivity index (χ3n) is 3.73. The molecular formula is C20H19Br3FN3. The molecule has 0 amide bonds. The van der Waals surface area contributed by atoms with Crippen LogP contribution in [0.4, 0.5) is 10.2 Å². The van der Waals surface area contributed by atoms with Crippen LogP contribution in [0, 0.1) is 5.82 Å². The molecule has 0 unspecified atom stereocenters. The minimum absolute atomic E-state index is 0.0995. The molecule has 0 aliphatic heterocycles. The molecule has 0 fully saturated rings. The second kappa shape index (κ2) is 10.3. The van der Waals surface area contributed by atoms with Gasteiger partial charge in [0.25, 0.3) is 0 Å². The first-order valence-corrected chi connectivity index (χ1v) is 10.5. The van der Waals surface area contributed by atoms with E-state index in [4.69, 9.17) is 0 Å². The first kappa shape index (κ1) is 22.0. The van der Waals surface area contributed by atoms with Crippen molar-refractivity contribution in [2.45, 2.75) is 19.3 Å². The third kappa shape index (κ3) is 7.68. The number of rotatable bonds is 4. The van der Waals surface area contributed by atoms with E-state index >= 15 is 0 Å². The number of halogens is 4. The van der Waals surface area contributed by atoms with Crippen molar-refractivity contribution < 1.29 is 4.39 Å². The molecule has 2 heterocycles. The molecule has 1 N–H and O–H groups in total. The van der Waals surface area contributed by atoms with E-state index in [9.17, 15) is 4.39 Å². The lowest BCUT2D eigenvalue weighted by Gasteiger charge is -2.26. The summed E-state index contributed by atoms with van der Waals surface area (Å²) in [6, 6.07) is 18.1. The van der Waals surface area contributed by atoms with Crippen molar-refractivity contribution in [3.8, 4) is 0 Å². The van der Waals surface area contributed by atoms with Gasteiger partial charge in [-0.05, 0) is 89.8 Å². The van der Waals surface area contributed by atoms with Crippen LogP contribution in [0.25, 0.3) is 0 Å². The summed E-state index contributed by atoms with van der Waals surface area (Å²) in [7, 11) is 0. The topological polar surface area (TPSA) is 37.8 Å². The van der Waals surface area contributed by atoms with Crippen LogP contribution in [0.1, 0.15) is 19.4 Å². The van der Waals surface area contributed by atoms with Gasteiger partial charge >= 0.3 is 0 Å². The van der Waals surface area contributed by atoms with Crippen LogP contribution in [0.2, 0.25) is 0 Å². The van der Waals surface area contributed by atoms with Crippen molar-refractivity contribution >= 4 is 53.6 Å². The van der Waals surface area contributed by atoms with Crippen LogP contribution in [0.5, 0.6) is 0 Å². The largest absolute Gasteiger partial charge is 0.369 e. The number of aromatic nitrogens is 2. The Morgan fingerprint density at radius 2 is 1.33 bits per heavy atom. The van der Waals surface area contributed by atoms with E-state index in [-0.39, 0.29) is 11.2 Å². The van der Waals surface area contributed by atoms with Crippen molar-refractivity contribution in [2.75, 3.05) is 11.9 Å². The average Bonchev–Trinajstić information content (AvgIpc) is 2.61. The van der Waals surface area contributed by atoms with Gasteiger partial charge in [-0.25, -0.2) is 14.4 Å². The third-order valence-corrected chi connectivity index (χ3v) is 5.06.